The Morgan fingerprint density at radius 1 is 1.03 bits per heavy atom. The van der Waals surface area contributed by atoms with Crippen LogP contribution in [0.4, 0.5) is 0 Å². The van der Waals surface area contributed by atoms with Crippen LogP contribution in [-0.4, -0.2) is 34.8 Å². The molecule has 6 heteroatoms. The van der Waals surface area contributed by atoms with E-state index < -0.39 is 0 Å². The molecule has 0 aliphatic carbocycles. The van der Waals surface area contributed by atoms with Crippen LogP contribution in [0, 0.1) is 0 Å². The maximum absolute atomic E-state index is 12.9. The second kappa shape index (κ2) is 8.12. The third-order valence-electron chi connectivity index (χ3n) is 5.63. The number of hydrogen-bond acceptors (Lipinski definition) is 5. The highest BCUT2D eigenvalue weighted by Gasteiger charge is 2.26. The van der Waals surface area contributed by atoms with Crippen molar-refractivity contribution < 1.29 is 19.1 Å². The maximum atomic E-state index is 12.9. The number of ketones is 1. The standard InChI is InChI=1S/C25H21NO4S/c27-20-10-8-16(14-19(20)25(29)26-12-4-1-5-13-26)21-11-9-17(30-21)15-23-24(28)18-6-2-3-7-22(18)31-23/h2-3,6-11,14-15,27H,1,4-5,12-13H2/b23-15-. The summed E-state index contributed by atoms with van der Waals surface area (Å²) in [6.45, 7) is 1.43. The van der Waals surface area contributed by atoms with E-state index in [4.69, 9.17) is 4.42 Å². The van der Waals surface area contributed by atoms with Crippen molar-refractivity contribution >= 4 is 29.5 Å². The fourth-order valence-electron chi connectivity index (χ4n) is 3.98. The zero-order valence-electron chi connectivity index (χ0n) is 16.8. The first-order chi connectivity index (χ1) is 15.1. The van der Waals surface area contributed by atoms with Gasteiger partial charge in [0, 0.05) is 29.1 Å². The van der Waals surface area contributed by atoms with Gasteiger partial charge < -0.3 is 14.4 Å². The van der Waals surface area contributed by atoms with Crippen molar-refractivity contribution in [1.29, 1.82) is 0 Å². The number of benzene rings is 2. The minimum absolute atomic E-state index is 0.00222. The lowest BCUT2D eigenvalue weighted by molar-refractivity contribution is 0.0721. The molecular formula is C25H21NO4S. The van der Waals surface area contributed by atoms with E-state index >= 15 is 0 Å². The van der Waals surface area contributed by atoms with Crippen LogP contribution in [0.25, 0.3) is 17.4 Å². The molecule has 5 nitrogen and oxygen atoms in total. The fraction of sp³-hybridized carbons (Fsp3) is 0.200. The van der Waals surface area contributed by atoms with E-state index in [1.54, 1.807) is 29.2 Å². The van der Waals surface area contributed by atoms with Gasteiger partial charge in [-0.3, -0.25) is 9.59 Å². The van der Waals surface area contributed by atoms with Gasteiger partial charge in [-0.25, -0.2) is 0 Å². The molecule has 0 saturated carbocycles. The predicted octanol–water partition coefficient (Wildman–Crippen LogP) is 5.61. The third kappa shape index (κ3) is 3.79. The summed E-state index contributed by atoms with van der Waals surface area (Å²) >= 11 is 1.44. The number of piperidine rings is 1. The van der Waals surface area contributed by atoms with Gasteiger partial charge in [-0.05, 0) is 67.8 Å². The third-order valence-corrected chi connectivity index (χ3v) is 6.73. The molecule has 3 heterocycles. The highest BCUT2D eigenvalue weighted by Crippen LogP contribution is 2.41. The lowest BCUT2D eigenvalue weighted by Gasteiger charge is -2.27. The molecule has 0 unspecified atom stereocenters. The zero-order valence-corrected chi connectivity index (χ0v) is 17.7. The number of thioether (sulfide) groups is 1. The Hall–Kier alpha value is -3.25. The molecule has 1 N–H and O–H groups in total. The minimum atomic E-state index is -0.154. The normalized spacial score (nSPS) is 17.2. The second-order valence-electron chi connectivity index (χ2n) is 7.72. The first kappa shape index (κ1) is 19.7. The minimum Gasteiger partial charge on any atom is -0.507 e. The number of furan rings is 1. The van der Waals surface area contributed by atoms with E-state index in [0.29, 0.717) is 27.6 Å². The van der Waals surface area contributed by atoms with Gasteiger partial charge in [0.1, 0.15) is 17.3 Å². The summed E-state index contributed by atoms with van der Waals surface area (Å²) in [7, 11) is 0. The summed E-state index contributed by atoms with van der Waals surface area (Å²) in [6.07, 6.45) is 4.86. The summed E-state index contributed by atoms with van der Waals surface area (Å²) in [6, 6.07) is 16.1. The lowest BCUT2D eigenvalue weighted by atomic mass is 10.0. The average Bonchev–Trinajstić information content (AvgIpc) is 3.39. The summed E-state index contributed by atoms with van der Waals surface area (Å²) in [5.41, 5.74) is 1.70. The smallest absolute Gasteiger partial charge is 0.257 e. The van der Waals surface area contributed by atoms with Gasteiger partial charge in [0.25, 0.3) is 5.91 Å². The van der Waals surface area contributed by atoms with E-state index in [9.17, 15) is 14.7 Å². The number of carbonyl (C=O) groups excluding carboxylic acids is 2. The van der Waals surface area contributed by atoms with Crippen molar-refractivity contribution in [3.8, 4) is 17.1 Å². The van der Waals surface area contributed by atoms with E-state index in [2.05, 4.69) is 0 Å². The van der Waals surface area contributed by atoms with Crippen LogP contribution in [0.2, 0.25) is 0 Å². The number of rotatable bonds is 3. The number of carbonyl (C=O) groups is 2. The largest absolute Gasteiger partial charge is 0.507 e. The monoisotopic (exact) mass is 431 g/mol. The first-order valence-electron chi connectivity index (χ1n) is 10.4. The van der Waals surface area contributed by atoms with E-state index in [1.807, 2.05) is 30.3 Å². The zero-order chi connectivity index (χ0) is 21.4. The van der Waals surface area contributed by atoms with Crippen molar-refractivity contribution in [2.75, 3.05) is 13.1 Å². The number of Topliss-reactive ketones (excluding diaryl/α,β-unsaturated/α-hetero) is 1. The van der Waals surface area contributed by atoms with E-state index in [1.165, 1.54) is 17.8 Å². The molecule has 0 atom stereocenters. The molecule has 3 aromatic rings. The molecule has 0 bridgehead atoms. The van der Waals surface area contributed by atoms with Gasteiger partial charge in [-0.15, -0.1) is 0 Å². The van der Waals surface area contributed by atoms with Crippen molar-refractivity contribution in [2.24, 2.45) is 0 Å². The number of phenolic OH excluding ortho intramolecular Hbond substituents is 1. The predicted molar refractivity (Wildman–Crippen MR) is 120 cm³/mol. The number of nitrogens with zero attached hydrogens (tertiary/aromatic N) is 1. The highest BCUT2D eigenvalue weighted by atomic mass is 32.2. The number of amides is 1. The van der Waals surface area contributed by atoms with Crippen LogP contribution < -0.4 is 0 Å². The maximum Gasteiger partial charge on any atom is 0.257 e. The van der Waals surface area contributed by atoms with Gasteiger partial charge in [-0.2, -0.15) is 0 Å². The molecule has 1 fully saturated rings. The molecule has 156 valence electrons. The number of likely N-dealkylation sites (tertiary alicyclic amines) is 1. The van der Waals surface area contributed by atoms with Gasteiger partial charge in [0.2, 0.25) is 5.78 Å². The molecule has 2 aliphatic heterocycles. The SMILES string of the molecule is O=C1/C(=C/c2ccc(-c3ccc(O)c(C(=O)N4CCCCC4)c3)o2)Sc2ccccc21. The molecule has 1 amide bonds. The Labute approximate surface area is 184 Å². The van der Waals surface area contributed by atoms with Gasteiger partial charge in [0.15, 0.2) is 0 Å². The Bertz CT molecular complexity index is 1200. The number of fused-ring (bicyclic) bond motifs is 1. The van der Waals surface area contributed by atoms with Crippen molar-refractivity contribution in [1.82, 2.24) is 4.90 Å². The van der Waals surface area contributed by atoms with Crippen LogP contribution in [-0.2, 0) is 0 Å². The van der Waals surface area contributed by atoms with E-state index in [0.717, 1.165) is 37.2 Å². The quantitative estimate of drug-likeness (QED) is 0.546. The Morgan fingerprint density at radius 2 is 1.84 bits per heavy atom. The lowest BCUT2D eigenvalue weighted by Crippen LogP contribution is -2.35. The van der Waals surface area contributed by atoms with Crippen LogP contribution in [0.3, 0.4) is 0 Å². The summed E-state index contributed by atoms with van der Waals surface area (Å²) in [5, 5.41) is 10.3. The first-order valence-corrected chi connectivity index (χ1v) is 11.2. The van der Waals surface area contributed by atoms with Crippen LogP contribution >= 0.6 is 11.8 Å². The fourth-order valence-corrected chi connectivity index (χ4v) is 5.01. The summed E-state index contributed by atoms with van der Waals surface area (Å²) in [4.78, 5) is 28.8. The summed E-state index contributed by atoms with van der Waals surface area (Å²) in [5.74, 6) is 0.957. The molecule has 2 aromatic carbocycles. The topological polar surface area (TPSA) is 70.8 Å². The summed E-state index contributed by atoms with van der Waals surface area (Å²) < 4.78 is 5.95. The number of aromatic hydroxyl groups is 1. The molecule has 1 aromatic heterocycles. The number of hydrogen-bond donors (Lipinski definition) is 1. The molecule has 0 radical (unpaired) electrons. The second-order valence-corrected chi connectivity index (χ2v) is 8.81. The van der Waals surface area contributed by atoms with Crippen molar-refractivity contribution in [3.05, 3.63) is 76.4 Å². The van der Waals surface area contributed by atoms with Gasteiger partial charge in [-0.1, -0.05) is 23.9 Å². The molecular weight excluding hydrogens is 410 g/mol. The molecule has 2 aliphatic rings. The molecule has 31 heavy (non-hydrogen) atoms. The van der Waals surface area contributed by atoms with Crippen molar-refractivity contribution in [2.45, 2.75) is 24.2 Å². The Kier molecular flexibility index (Phi) is 5.16. The number of phenols is 1. The van der Waals surface area contributed by atoms with Gasteiger partial charge >= 0.3 is 0 Å². The Morgan fingerprint density at radius 3 is 2.65 bits per heavy atom. The molecule has 1 saturated heterocycles. The average molecular weight is 432 g/mol. The van der Waals surface area contributed by atoms with Crippen LogP contribution in [0.15, 0.2) is 68.8 Å². The molecule has 5 rings (SSSR count). The highest BCUT2D eigenvalue weighted by molar-refractivity contribution is 8.04. The van der Waals surface area contributed by atoms with Crippen LogP contribution in [0.5, 0.6) is 5.75 Å². The molecule has 0 spiro atoms. The van der Waals surface area contributed by atoms with Gasteiger partial charge in [0.05, 0.1) is 10.5 Å². The van der Waals surface area contributed by atoms with Crippen molar-refractivity contribution in [3.63, 3.8) is 0 Å². The Balaban J connectivity index is 1.40. The van der Waals surface area contributed by atoms with Crippen LogP contribution in [0.1, 0.15) is 45.7 Å². The number of allylic oxidation sites excluding steroid dienone is 1. The van der Waals surface area contributed by atoms with E-state index in [-0.39, 0.29) is 23.0 Å².